The zero-order chi connectivity index (χ0) is 23.8. The molecular formula is C30H55NO. The van der Waals surface area contributed by atoms with Gasteiger partial charge in [-0.3, -0.25) is 0 Å². The summed E-state index contributed by atoms with van der Waals surface area (Å²) in [5.41, 5.74) is 3.29. The number of ether oxygens (including phenoxy) is 1. The van der Waals surface area contributed by atoms with Gasteiger partial charge in [0.25, 0.3) is 0 Å². The van der Waals surface area contributed by atoms with E-state index in [1.54, 1.807) is 0 Å². The van der Waals surface area contributed by atoms with E-state index >= 15 is 0 Å². The second kappa shape index (κ2) is 16.6. The summed E-state index contributed by atoms with van der Waals surface area (Å²) in [4.78, 5) is 2.64. The molecule has 1 rings (SSSR count). The molecule has 2 unspecified atom stereocenters. The molecule has 0 aliphatic heterocycles. The van der Waals surface area contributed by atoms with Crippen molar-refractivity contribution >= 4 is 5.69 Å². The maximum atomic E-state index is 6.51. The zero-order valence-corrected chi connectivity index (χ0v) is 22.7. The summed E-state index contributed by atoms with van der Waals surface area (Å²) in [6.45, 7) is 19.6. The van der Waals surface area contributed by atoms with Crippen LogP contribution in [0.15, 0.2) is 24.3 Å². The average molecular weight is 446 g/mol. The predicted octanol–water partition coefficient (Wildman–Crippen LogP) is 9.06. The molecule has 0 aromatic heterocycles. The third-order valence-corrected chi connectivity index (χ3v) is 6.89. The highest BCUT2D eigenvalue weighted by Gasteiger charge is 2.25. The third-order valence-electron chi connectivity index (χ3n) is 6.89. The first-order valence-electron chi connectivity index (χ1n) is 13.8. The summed E-state index contributed by atoms with van der Waals surface area (Å²) >= 11 is 0. The molecule has 0 saturated carbocycles. The molecule has 0 amide bonds. The van der Waals surface area contributed by atoms with Crippen LogP contribution < -0.4 is 4.90 Å². The average Bonchev–Trinajstić information content (AvgIpc) is 2.76. The fraction of sp³-hybridized carbons (Fsp3) is 0.800. The summed E-state index contributed by atoms with van der Waals surface area (Å²) in [6.07, 6.45) is 13.8. The van der Waals surface area contributed by atoms with Crippen molar-refractivity contribution in [1.29, 1.82) is 0 Å². The smallest absolute Gasteiger partial charge is 0.0616 e. The molecule has 1 aromatic carbocycles. The van der Waals surface area contributed by atoms with E-state index in [0.717, 1.165) is 38.5 Å². The third kappa shape index (κ3) is 11.2. The van der Waals surface area contributed by atoms with Crippen molar-refractivity contribution in [2.75, 3.05) is 24.6 Å². The molecule has 2 heteroatoms. The summed E-state index contributed by atoms with van der Waals surface area (Å²) in [7, 11) is 0. The Morgan fingerprint density at radius 2 is 1.41 bits per heavy atom. The quantitative estimate of drug-likeness (QED) is 0.209. The standard InChI is InChI=1S/C30H55NO/c1-8-12-22-31(23-13-9-2)29-19-16-15-18-26(29)25-28(32-24-14-10-3)21-20-27(17-11-4)30(5,6)7/h15-16,18-19,27-28H,8-14,17,20-25H2,1-7H3. The molecule has 0 radical (unpaired) electrons. The highest BCUT2D eigenvalue weighted by molar-refractivity contribution is 5.54. The second-order valence-corrected chi connectivity index (χ2v) is 10.8. The number of para-hydroxylation sites is 1. The SMILES string of the molecule is CCCCOC(CCC(CCC)C(C)(C)C)Cc1ccccc1N(CCCC)CCCC. The molecule has 32 heavy (non-hydrogen) atoms. The van der Waals surface area contributed by atoms with Crippen LogP contribution in [0, 0.1) is 11.3 Å². The lowest BCUT2D eigenvalue weighted by molar-refractivity contribution is 0.0362. The number of benzene rings is 1. The largest absolute Gasteiger partial charge is 0.378 e. The van der Waals surface area contributed by atoms with Crippen LogP contribution in [0.2, 0.25) is 0 Å². The summed E-state index contributed by atoms with van der Waals surface area (Å²) in [5.74, 6) is 0.769. The van der Waals surface area contributed by atoms with E-state index in [1.165, 1.54) is 69.0 Å². The Kier molecular flexibility index (Phi) is 15.0. The van der Waals surface area contributed by atoms with Crippen LogP contribution in [-0.2, 0) is 11.2 Å². The van der Waals surface area contributed by atoms with Gasteiger partial charge in [-0.2, -0.15) is 0 Å². The monoisotopic (exact) mass is 445 g/mol. The molecule has 0 spiro atoms. The lowest BCUT2D eigenvalue weighted by atomic mass is 9.75. The highest BCUT2D eigenvalue weighted by atomic mass is 16.5. The molecule has 0 N–H and O–H groups in total. The topological polar surface area (TPSA) is 12.5 Å². The summed E-state index contributed by atoms with van der Waals surface area (Å²) in [5, 5.41) is 0. The van der Waals surface area contributed by atoms with E-state index < -0.39 is 0 Å². The number of hydrogen-bond acceptors (Lipinski definition) is 2. The van der Waals surface area contributed by atoms with E-state index in [4.69, 9.17) is 4.74 Å². The van der Waals surface area contributed by atoms with E-state index in [0.29, 0.717) is 11.5 Å². The Bertz CT molecular complexity index is 568. The number of nitrogens with zero attached hydrogens (tertiary/aromatic N) is 1. The molecule has 1 aromatic rings. The van der Waals surface area contributed by atoms with Crippen LogP contribution >= 0.6 is 0 Å². The first kappa shape index (κ1) is 29.0. The van der Waals surface area contributed by atoms with Crippen molar-refractivity contribution in [3.05, 3.63) is 29.8 Å². The van der Waals surface area contributed by atoms with Crippen LogP contribution in [0.1, 0.15) is 118 Å². The van der Waals surface area contributed by atoms with Crippen molar-refractivity contribution in [3.8, 4) is 0 Å². The van der Waals surface area contributed by atoms with Gasteiger partial charge in [-0.15, -0.1) is 0 Å². The zero-order valence-electron chi connectivity index (χ0n) is 22.7. The fourth-order valence-corrected chi connectivity index (χ4v) is 4.67. The Balaban J connectivity index is 3.00. The minimum Gasteiger partial charge on any atom is -0.378 e. The minimum absolute atomic E-state index is 0.323. The fourth-order valence-electron chi connectivity index (χ4n) is 4.67. The van der Waals surface area contributed by atoms with Gasteiger partial charge < -0.3 is 9.64 Å². The summed E-state index contributed by atoms with van der Waals surface area (Å²) in [6, 6.07) is 9.13. The van der Waals surface area contributed by atoms with Crippen molar-refractivity contribution < 1.29 is 4.74 Å². The molecule has 186 valence electrons. The first-order valence-corrected chi connectivity index (χ1v) is 13.8. The second-order valence-electron chi connectivity index (χ2n) is 10.8. The molecule has 2 nitrogen and oxygen atoms in total. The molecule has 0 heterocycles. The number of unbranched alkanes of at least 4 members (excludes halogenated alkanes) is 3. The Hall–Kier alpha value is -1.02. The minimum atomic E-state index is 0.323. The van der Waals surface area contributed by atoms with Gasteiger partial charge in [0.15, 0.2) is 0 Å². The molecular weight excluding hydrogens is 390 g/mol. The van der Waals surface area contributed by atoms with Gasteiger partial charge in [0.05, 0.1) is 6.10 Å². The lowest BCUT2D eigenvalue weighted by Crippen LogP contribution is -2.28. The van der Waals surface area contributed by atoms with E-state index in [1.807, 2.05) is 0 Å². The van der Waals surface area contributed by atoms with Crippen LogP contribution in [0.4, 0.5) is 5.69 Å². The van der Waals surface area contributed by atoms with E-state index in [2.05, 4.69) is 77.6 Å². The number of hydrogen-bond donors (Lipinski definition) is 0. The predicted molar refractivity (Wildman–Crippen MR) is 144 cm³/mol. The van der Waals surface area contributed by atoms with Gasteiger partial charge in [0, 0.05) is 31.8 Å². The van der Waals surface area contributed by atoms with Crippen molar-refractivity contribution in [2.24, 2.45) is 11.3 Å². The Labute approximate surface area is 201 Å². The molecule has 0 saturated heterocycles. The van der Waals surface area contributed by atoms with E-state index in [9.17, 15) is 0 Å². The first-order chi connectivity index (χ1) is 15.4. The van der Waals surface area contributed by atoms with Gasteiger partial charge >= 0.3 is 0 Å². The van der Waals surface area contributed by atoms with Crippen LogP contribution in [0.25, 0.3) is 0 Å². The van der Waals surface area contributed by atoms with Crippen LogP contribution in [-0.4, -0.2) is 25.8 Å². The normalized spacial score (nSPS) is 13.8. The van der Waals surface area contributed by atoms with Crippen LogP contribution in [0.5, 0.6) is 0 Å². The lowest BCUT2D eigenvalue weighted by Gasteiger charge is -2.32. The van der Waals surface area contributed by atoms with Crippen LogP contribution in [0.3, 0.4) is 0 Å². The van der Waals surface area contributed by atoms with Crippen molar-refractivity contribution in [1.82, 2.24) is 0 Å². The molecule has 2 atom stereocenters. The van der Waals surface area contributed by atoms with E-state index in [-0.39, 0.29) is 0 Å². The van der Waals surface area contributed by atoms with Gasteiger partial charge in [0.2, 0.25) is 0 Å². The molecule has 0 aliphatic rings. The maximum Gasteiger partial charge on any atom is 0.0616 e. The highest BCUT2D eigenvalue weighted by Crippen LogP contribution is 2.35. The van der Waals surface area contributed by atoms with Crippen molar-refractivity contribution in [3.63, 3.8) is 0 Å². The molecule has 0 aliphatic carbocycles. The summed E-state index contributed by atoms with van der Waals surface area (Å²) < 4.78 is 6.51. The molecule has 0 fully saturated rings. The Morgan fingerprint density at radius 1 is 0.781 bits per heavy atom. The van der Waals surface area contributed by atoms with Gasteiger partial charge in [-0.05, 0) is 55.1 Å². The maximum absolute atomic E-state index is 6.51. The van der Waals surface area contributed by atoms with Gasteiger partial charge in [-0.1, -0.05) is 98.8 Å². The van der Waals surface area contributed by atoms with Gasteiger partial charge in [-0.25, -0.2) is 0 Å². The van der Waals surface area contributed by atoms with Gasteiger partial charge in [0.1, 0.15) is 0 Å². The molecule has 0 bridgehead atoms. The van der Waals surface area contributed by atoms with Crippen molar-refractivity contribution in [2.45, 2.75) is 125 Å². The number of anilines is 1. The number of rotatable bonds is 18. The Morgan fingerprint density at radius 3 is 1.97 bits per heavy atom.